The lowest BCUT2D eigenvalue weighted by Gasteiger charge is -2.33. The summed E-state index contributed by atoms with van der Waals surface area (Å²) in [6, 6.07) is 6.99. The number of hydrogen-bond donors (Lipinski definition) is 1. The zero-order valence-electron chi connectivity index (χ0n) is 6.83. The van der Waals surface area contributed by atoms with Gasteiger partial charge in [0.05, 0.1) is 0 Å². The summed E-state index contributed by atoms with van der Waals surface area (Å²) in [4.78, 5) is 0. The van der Waals surface area contributed by atoms with Gasteiger partial charge in [-0.05, 0) is 36.5 Å². The van der Waals surface area contributed by atoms with Crippen molar-refractivity contribution in [3.05, 3.63) is 35.6 Å². The molecule has 1 aromatic carbocycles. The molecule has 12 heavy (non-hydrogen) atoms. The molecule has 0 radical (unpaired) electrons. The van der Waals surface area contributed by atoms with E-state index in [-0.39, 0.29) is 11.9 Å². The molecule has 1 fully saturated rings. The largest absolute Gasteiger partial charge is 0.327 e. The second-order valence-corrected chi connectivity index (χ2v) is 3.40. The third-order valence-corrected chi connectivity index (χ3v) is 2.60. The predicted molar refractivity (Wildman–Crippen MR) is 46.4 cm³/mol. The van der Waals surface area contributed by atoms with Crippen LogP contribution in [-0.2, 0) is 0 Å². The Morgan fingerprint density at radius 3 is 2.67 bits per heavy atom. The van der Waals surface area contributed by atoms with Gasteiger partial charge in [-0.1, -0.05) is 12.1 Å². The van der Waals surface area contributed by atoms with Crippen molar-refractivity contribution in [2.75, 3.05) is 0 Å². The molecule has 2 N–H and O–H groups in total. The second kappa shape index (κ2) is 2.87. The van der Waals surface area contributed by atoms with Crippen molar-refractivity contribution >= 4 is 0 Å². The first-order valence-corrected chi connectivity index (χ1v) is 4.28. The van der Waals surface area contributed by atoms with Gasteiger partial charge in [0.15, 0.2) is 0 Å². The van der Waals surface area contributed by atoms with Gasteiger partial charge < -0.3 is 5.73 Å². The lowest BCUT2D eigenvalue weighted by atomic mass is 9.76. The first-order valence-electron chi connectivity index (χ1n) is 4.28. The molecule has 2 unspecified atom stereocenters. The lowest BCUT2D eigenvalue weighted by molar-refractivity contribution is 0.346. The number of nitrogens with two attached hydrogens (primary N) is 1. The van der Waals surface area contributed by atoms with Crippen molar-refractivity contribution in [2.24, 2.45) is 5.73 Å². The summed E-state index contributed by atoms with van der Waals surface area (Å²) >= 11 is 0. The Morgan fingerprint density at radius 2 is 2.17 bits per heavy atom. The van der Waals surface area contributed by atoms with Crippen LogP contribution >= 0.6 is 0 Å². The highest BCUT2D eigenvalue weighted by Gasteiger charge is 2.28. The zero-order valence-corrected chi connectivity index (χ0v) is 6.83. The van der Waals surface area contributed by atoms with E-state index < -0.39 is 0 Å². The zero-order chi connectivity index (χ0) is 8.55. The summed E-state index contributed by atoms with van der Waals surface area (Å²) in [5, 5.41) is 0. The SMILES string of the molecule is NC1CCC1c1cccc(F)c1. The van der Waals surface area contributed by atoms with Crippen LogP contribution in [-0.4, -0.2) is 6.04 Å². The molecule has 0 bridgehead atoms. The van der Waals surface area contributed by atoms with Gasteiger partial charge in [0.2, 0.25) is 0 Å². The molecule has 0 aromatic heterocycles. The summed E-state index contributed by atoms with van der Waals surface area (Å²) in [5.41, 5.74) is 6.83. The van der Waals surface area contributed by atoms with Gasteiger partial charge in [-0.2, -0.15) is 0 Å². The third kappa shape index (κ3) is 1.23. The van der Waals surface area contributed by atoms with Crippen molar-refractivity contribution in [2.45, 2.75) is 24.8 Å². The monoisotopic (exact) mass is 165 g/mol. The maximum Gasteiger partial charge on any atom is 0.123 e. The van der Waals surface area contributed by atoms with E-state index in [0.29, 0.717) is 5.92 Å². The van der Waals surface area contributed by atoms with Crippen LogP contribution in [0.5, 0.6) is 0 Å². The topological polar surface area (TPSA) is 26.0 Å². The van der Waals surface area contributed by atoms with Crippen LogP contribution < -0.4 is 5.73 Å². The normalized spacial score (nSPS) is 28.2. The maximum absolute atomic E-state index is 12.8. The third-order valence-electron chi connectivity index (χ3n) is 2.60. The minimum absolute atomic E-state index is 0.161. The van der Waals surface area contributed by atoms with Gasteiger partial charge in [0.1, 0.15) is 5.82 Å². The summed E-state index contributed by atoms with van der Waals surface area (Å²) in [6.07, 6.45) is 2.17. The van der Waals surface area contributed by atoms with Crippen molar-refractivity contribution < 1.29 is 4.39 Å². The molecular formula is C10H12FN. The smallest absolute Gasteiger partial charge is 0.123 e. The van der Waals surface area contributed by atoms with Crippen LogP contribution in [0.15, 0.2) is 24.3 Å². The average Bonchev–Trinajstić information content (AvgIpc) is 2.02. The summed E-state index contributed by atoms with van der Waals surface area (Å²) in [7, 11) is 0. The van der Waals surface area contributed by atoms with E-state index in [4.69, 9.17) is 5.73 Å². The van der Waals surface area contributed by atoms with Gasteiger partial charge in [0, 0.05) is 6.04 Å². The van der Waals surface area contributed by atoms with E-state index in [0.717, 1.165) is 18.4 Å². The number of benzene rings is 1. The lowest BCUT2D eigenvalue weighted by Crippen LogP contribution is -2.37. The Kier molecular flexibility index (Phi) is 1.85. The fourth-order valence-corrected chi connectivity index (χ4v) is 1.68. The van der Waals surface area contributed by atoms with Gasteiger partial charge in [-0.3, -0.25) is 0 Å². The first kappa shape index (κ1) is 7.74. The van der Waals surface area contributed by atoms with Crippen LogP contribution in [0.4, 0.5) is 4.39 Å². The predicted octanol–water partition coefficient (Wildman–Crippen LogP) is 2.03. The molecule has 0 spiro atoms. The van der Waals surface area contributed by atoms with Crippen molar-refractivity contribution in [1.29, 1.82) is 0 Å². The van der Waals surface area contributed by atoms with Crippen LogP contribution in [0.1, 0.15) is 24.3 Å². The summed E-state index contributed by atoms with van der Waals surface area (Å²) < 4.78 is 12.8. The van der Waals surface area contributed by atoms with Crippen molar-refractivity contribution in [3.63, 3.8) is 0 Å². The van der Waals surface area contributed by atoms with Gasteiger partial charge in [0.25, 0.3) is 0 Å². The number of rotatable bonds is 1. The molecule has 2 rings (SSSR count). The Morgan fingerprint density at radius 1 is 1.33 bits per heavy atom. The molecule has 1 aromatic rings. The molecule has 2 atom stereocenters. The van der Waals surface area contributed by atoms with Gasteiger partial charge in [-0.15, -0.1) is 0 Å². The quantitative estimate of drug-likeness (QED) is 0.677. The van der Waals surface area contributed by atoms with Crippen LogP contribution in [0.25, 0.3) is 0 Å². The van der Waals surface area contributed by atoms with Gasteiger partial charge >= 0.3 is 0 Å². The minimum atomic E-state index is -0.161. The maximum atomic E-state index is 12.8. The number of hydrogen-bond acceptors (Lipinski definition) is 1. The molecular weight excluding hydrogens is 153 g/mol. The van der Waals surface area contributed by atoms with Crippen LogP contribution in [0, 0.1) is 5.82 Å². The number of halogens is 1. The Balaban J connectivity index is 2.22. The van der Waals surface area contributed by atoms with E-state index in [1.807, 2.05) is 6.07 Å². The molecule has 0 saturated heterocycles. The second-order valence-electron chi connectivity index (χ2n) is 3.40. The summed E-state index contributed by atoms with van der Waals surface area (Å²) in [6.45, 7) is 0. The summed E-state index contributed by atoms with van der Waals surface area (Å²) in [5.74, 6) is 0.229. The molecule has 2 heteroatoms. The molecule has 0 amide bonds. The highest BCUT2D eigenvalue weighted by atomic mass is 19.1. The molecule has 0 heterocycles. The fourth-order valence-electron chi connectivity index (χ4n) is 1.68. The highest BCUT2D eigenvalue weighted by Crippen LogP contribution is 2.35. The average molecular weight is 165 g/mol. The Hall–Kier alpha value is -0.890. The molecule has 1 aliphatic rings. The van der Waals surface area contributed by atoms with E-state index in [2.05, 4.69) is 0 Å². The molecule has 1 saturated carbocycles. The minimum Gasteiger partial charge on any atom is -0.327 e. The van der Waals surface area contributed by atoms with E-state index >= 15 is 0 Å². The van der Waals surface area contributed by atoms with E-state index in [1.165, 1.54) is 6.07 Å². The van der Waals surface area contributed by atoms with E-state index in [9.17, 15) is 4.39 Å². The standard InChI is InChI=1S/C10H12FN/c11-8-3-1-2-7(6-8)9-4-5-10(9)12/h1-3,6,9-10H,4-5,12H2. The first-order chi connectivity index (χ1) is 5.77. The molecule has 1 nitrogen and oxygen atoms in total. The fraction of sp³-hybridized carbons (Fsp3) is 0.400. The molecule has 64 valence electrons. The van der Waals surface area contributed by atoms with Crippen LogP contribution in [0.2, 0.25) is 0 Å². The van der Waals surface area contributed by atoms with Crippen molar-refractivity contribution in [1.82, 2.24) is 0 Å². The molecule has 1 aliphatic carbocycles. The Bertz CT molecular complexity index is 285. The highest BCUT2D eigenvalue weighted by molar-refractivity contribution is 5.24. The van der Waals surface area contributed by atoms with E-state index in [1.54, 1.807) is 12.1 Å². The Labute approximate surface area is 71.4 Å². The van der Waals surface area contributed by atoms with Crippen LogP contribution in [0.3, 0.4) is 0 Å². The van der Waals surface area contributed by atoms with Crippen molar-refractivity contribution in [3.8, 4) is 0 Å². The van der Waals surface area contributed by atoms with Gasteiger partial charge in [-0.25, -0.2) is 4.39 Å². The molecule has 0 aliphatic heterocycles.